The molecule has 2 N–H and O–H groups in total. The van der Waals surface area contributed by atoms with E-state index in [1.165, 1.54) is 0 Å². The molecule has 30 heavy (non-hydrogen) atoms. The molecule has 2 aromatic rings. The number of rotatable bonds is 7. The van der Waals surface area contributed by atoms with Gasteiger partial charge in [-0.05, 0) is 63.2 Å². The summed E-state index contributed by atoms with van der Waals surface area (Å²) in [5.74, 6) is 1.22. The SMILES string of the molecule is CCOC(=O)N1CCC(NC(=O)Cn2c(-c3ccc(OCC)cc3)n[nH]c2=S)CC1. The lowest BCUT2D eigenvalue weighted by molar-refractivity contribution is -0.122. The smallest absolute Gasteiger partial charge is 0.409 e. The molecule has 1 fully saturated rings. The minimum absolute atomic E-state index is 0.0122. The van der Waals surface area contributed by atoms with E-state index >= 15 is 0 Å². The predicted molar refractivity (Wildman–Crippen MR) is 114 cm³/mol. The number of carbonyl (C=O) groups is 2. The molecule has 162 valence electrons. The Labute approximate surface area is 180 Å². The third-order valence-electron chi connectivity index (χ3n) is 4.87. The maximum absolute atomic E-state index is 12.6. The quantitative estimate of drug-likeness (QED) is 0.651. The summed E-state index contributed by atoms with van der Waals surface area (Å²) in [4.78, 5) is 26.1. The van der Waals surface area contributed by atoms with Crippen LogP contribution in [0.15, 0.2) is 24.3 Å². The van der Waals surface area contributed by atoms with Crippen LogP contribution in [0.5, 0.6) is 5.75 Å². The van der Waals surface area contributed by atoms with Crippen molar-refractivity contribution >= 4 is 24.2 Å². The van der Waals surface area contributed by atoms with Crippen LogP contribution in [-0.4, -0.2) is 64.0 Å². The van der Waals surface area contributed by atoms with Gasteiger partial charge in [0, 0.05) is 24.7 Å². The first kappa shape index (κ1) is 21.8. The monoisotopic (exact) mass is 433 g/mol. The van der Waals surface area contributed by atoms with Crippen LogP contribution in [0.2, 0.25) is 0 Å². The topological polar surface area (TPSA) is 101 Å². The molecule has 0 bridgehead atoms. The minimum Gasteiger partial charge on any atom is -0.494 e. The van der Waals surface area contributed by atoms with E-state index in [-0.39, 0.29) is 24.6 Å². The highest BCUT2D eigenvalue weighted by atomic mass is 32.1. The van der Waals surface area contributed by atoms with Crippen molar-refractivity contribution in [3.63, 3.8) is 0 Å². The Morgan fingerprint density at radius 2 is 1.90 bits per heavy atom. The Morgan fingerprint density at radius 3 is 2.53 bits per heavy atom. The van der Waals surface area contributed by atoms with Crippen LogP contribution >= 0.6 is 12.2 Å². The second-order valence-corrected chi connectivity index (χ2v) is 7.31. The molecule has 1 saturated heterocycles. The summed E-state index contributed by atoms with van der Waals surface area (Å²) < 4.78 is 12.5. The van der Waals surface area contributed by atoms with Gasteiger partial charge < -0.3 is 19.7 Å². The summed E-state index contributed by atoms with van der Waals surface area (Å²) in [6.07, 6.45) is 1.08. The van der Waals surface area contributed by atoms with E-state index < -0.39 is 0 Å². The van der Waals surface area contributed by atoms with Crippen LogP contribution in [0.4, 0.5) is 4.79 Å². The molecule has 1 aliphatic heterocycles. The highest BCUT2D eigenvalue weighted by Gasteiger charge is 2.25. The molecule has 2 heterocycles. The van der Waals surface area contributed by atoms with Gasteiger partial charge >= 0.3 is 6.09 Å². The first-order valence-electron chi connectivity index (χ1n) is 10.1. The summed E-state index contributed by atoms with van der Waals surface area (Å²) in [6.45, 7) is 5.86. The van der Waals surface area contributed by atoms with E-state index in [9.17, 15) is 9.59 Å². The van der Waals surface area contributed by atoms with Gasteiger partial charge in [-0.15, -0.1) is 0 Å². The molecule has 0 atom stereocenters. The number of nitrogens with zero attached hydrogens (tertiary/aromatic N) is 3. The fourth-order valence-corrected chi connectivity index (χ4v) is 3.59. The van der Waals surface area contributed by atoms with Gasteiger partial charge in [0.15, 0.2) is 10.6 Å². The zero-order valence-electron chi connectivity index (χ0n) is 17.2. The number of hydrogen-bond acceptors (Lipinski definition) is 6. The molecule has 2 amide bonds. The fourth-order valence-electron chi connectivity index (χ4n) is 3.39. The first-order chi connectivity index (χ1) is 14.5. The van der Waals surface area contributed by atoms with Crippen molar-refractivity contribution in [1.82, 2.24) is 25.0 Å². The molecule has 3 rings (SSSR count). The lowest BCUT2D eigenvalue weighted by atomic mass is 10.1. The van der Waals surface area contributed by atoms with Gasteiger partial charge in [0.1, 0.15) is 12.3 Å². The van der Waals surface area contributed by atoms with Crippen LogP contribution < -0.4 is 10.1 Å². The summed E-state index contributed by atoms with van der Waals surface area (Å²) >= 11 is 5.31. The number of ether oxygens (including phenoxy) is 2. The highest BCUT2D eigenvalue weighted by molar-refractivity contribution is 7.71. The first-order valence-corrected chi connectivity index (χ1v) is 10.5. The average Bonchev–Trinajstić information content (AvgIpc) is 3.09. The van der Waals surface area contributed by atoms with Gasteiger partial charge in [-0.3, -0.25) is 14.5 Å². The van der Waals surface area contributed by atoms with E-state index in [2.05, 4.69) is 15.5 Å². The Morgan fingerprint density at radius 1 is 1.20 bits per heavy atom. The zero-order valence-corrected chi connectivity index (χ0v) is 18.0. The number of aromatic amines is 1. The second-order valence-electron chi connectivity index (χ2n) is 6.92. The van der Waals surface area contributed by atoms with E-state index in [4.69, 9.17) is 21.7 Å². The van der Waals surface area contributed by atoms with Crippen molar-refractivity contribution in [2.75, 3.05) is 26.3 Å². The molecule has 0 unspecified atom stereocenters. The van der Waals surface area contributed by atoms with E-state index in [1.807, 2.05) is 31.2 Å². The predicted octanol–water partition coefficient (Wildman–Crippen LogP) is 2.74. The van der Waals surface area contributed by atoms with Crippen LogP contribution in [0, 0.1) is 4.77 Å². The number of hydrogen-bond donors (Lipinski definition) is 2. The molecule has 1 aliphatic rings. The van der Waals surface area contributed by atoms with Crippen LogP contribution in [0.1, 0.15) is 26.7 Å². The average molecular weight is 434 g/mol. The van der Waals surface area contributed by atoms with Crippen LogP contribution in [0.3, 0.4) is 0 Å². The Kier molecular flexibility index (Phi) is 7.45. The van der Waals surface area contributed by atoms with E-state index in [0.29, 0.717) is 49.7 Å². The van der Waals surface area contributed by atoms with E-state index in [1.54, 1.807) is 16.4 Å². The van der Waals surface area contributed by atoms with E-state index in [0.717, 1.165) is 11.3 Å². The number of H-pyrrole nitrogens is 1. The second kappa shape index (κ2) is 10.2. The Bertz CT molecular complexity index is 916. The summed E-state index contributed by atoms with van der Waals surface area (Å²) in [5, 5.41) is 10.1. The van der Waals surface area contributed by atoms with Gasteiger partial charge in [-0.2, -0.15) is 5.10 Å². The van der Waals surface area contributed by atoms with Gasteiger partial charge in [0.25, 0.3) is 0 Å². The molecule has 10 heteroatoms. The lowest BCUT2D eigenvalue weighted by Crippen LogP contribution is -2.47. The standard InChI is InChI=1S/C20H27N5O4S/c1-3-28-16-7-5-14(6-8-16)18-22-23-19(30)25(18)13-17(26)21-15-9-11-24(12-10-15)20(27)29-4-2/h5-8,15H,3-4,9-13H2,1-2H3,(H,21,26)(H,23,30). The molecule has 9 nitrogen and oxygen atoms in total. The van der Waals surface area contributed by atoms with Gasteiger partial charge in [-0.25, -0.2) is 4.79 Å². The maximum atomic E-state index is 12.6. The molecule has 0 saturated carbocycles. The normalized spacial score (nSPS) is 14.4. The molecule has 1 aromatic carbocycles. The van der Waals surface area contributed by atoms with Crippen molar-refractivity contribution < 1.29 is 19.1 Å². The Hall–Kier alpha value is -2.88. The fraction of sp³-hybridized carbons (Fsp3) is 0.500. The molecule has 0 aliphatic carbocycles. The zero-order chi connectivity index (χ0) is 21.5. The number of carbonyl (C=O) groups excluding carboxylic acids is 2. The molecular formula is C20H27N5O4S. The largest absolute Gasteiger partial charge is 0.494 e. The van der Waals surface area contributed by atoms with Crippen molar-refractivity contribution in [3.8, 4) is 17.1 Å². The number of amides is 2. The summed E-state index contributed by atoms with van der Waals surface area (Å²) in [6, 6.07) is 7.50. The molecule has 0 spiro atoms. The number of benzene rings is 1. The highest BCUT2D eigenvalue weighted by Crippen LogP contribution is 2.21. The van der Waals surface area contributed by atoms with Crippen molar-refractivity contribution in [1.29, 1.82) is 0 Å². The van der Waals surface area contributed by atoms with Crippen molar-refractivity contribution in [2.45, 2.75) is 39.3 Å². The summed E-state index contributed by atoms with van der Waals surface area (Å²) in [7, 11) is 0. The van der Waals surface area contributed by atoms with Crippen molar-refractivity contribution in [3.05, 3.63) is 29.0 Å². The summed E-state index contributed by atoms with van der Waals surface area (Å²) in [5.41, 5.74) is 0.835. The molecular weight excluding hydrogens is 406 g/mol. The number of likely N-dealkylation sites (tertiary alicyclic amines) is 1. The number of nitrogens with one attached hydrogen (secondary N) is 2. The minimum atomic E-state index is -0.299. The number of aromatic nitrogens is 3. The molecule has 0 radical (unpaired) electrons. The third-order valence-corrected chi connectivity index (χ3v) is 5.18. The number of piperidine rings is 1. The third kappa shape index (κ3) is 5.38. The van der Waals surface area contributed by atoms with Crippen LogP contribution in [0.25, 0.3) is 11.4 Å². The maximum Gasteiger partial charge on any atom is 0.409 e. The van der Waals surface area contributed by atoms with Gasteiger partial charge in [-0.1, -0.05) is 0 Å². The molecule has 1 aromatic heterocycles. The van der Waals surface area contributed by atoms with Gasteiger partial charge in [0.05, 0.1) is 13.2 Å². The lowest BCUT2D eigenvalue weighted by Gasteiger charge is -2.31. The van der Waals surface area contributed by atoms with Crippen LogP contribution in [-0.2, 0) is 16.1 Å². The van der Waals surface area contributed by atoms with Crippen molar-refractivity contribution in [2.24, 2.45) is 0 Å². The van der Waals surface area contributed by atoms with Gasteiger partial charge in [0.2, 0.25) is 5.91 Å². The Balaban J connectivity index is 1.59.